The van der Waals surface area contributed by atoms with Gasteiger partial charge in [0.25, 0.3) is 0 Å². The first-order valence-corrected chi connectivity index (χ1v) is 6.71. The SMILES string of the molecule is C[C@@H](O)CN1CCN(c2nccnc2N(C)C)CC1. The van der Waals surface area contributed by atoms with Crippen LogP contribution in [0.15, 0.2) is 12.4 Å². The summed E-state index contributed by atoms with van der Waals surface area (Å²) in [4.78, 5) is 15.4. The number of anilines is 2. The van der Waals surface area contributed by atoms with E-state index < -0.39 is 0 Å². The molecule has 0 aromatic carbocycles. The summed E-state index contributed by atoms with van der Waals surface area (Å²) in [5.41, 5.74) is 0. The minimum Gasteiger partial charge on any atom is -0.392 e. The molecule has 0 spiro atoms. The second-order valence-electron chi connectivity index (χ2n) is 5.23. The summed E-state index contributed by atoms with van der Waals surface area (Å²) in [5, 5.41) is 9.42. The van der Waals surface area contributed by atoms with Crippen LogP contribution in [0.3, 0.4) is 0 Å². The van der Waals surface area contributed by atoms with E-state index in [1.807, 2.05) is 25.9 Å². The molecule has 1 N–H and O–H groups in total. The van der Waals surface area contributed by atoms with Gasteiger partial charge < -0.3 is 14.9 Å². The number of hydrogen-bond donors (Lipinski definition) is 1. The summed E-state index contributed by atoms with van der Waals surface area (Å²) in [7, 11) is 3.97. The second kappa shape index (κ2) is 6.16. The van der Waals surface area contributed by atoms with Crippen LogP contribution in [-0.2, 0) is 0 Å². The van der Waals surface area contributed by atoms with Crippen molar-refractivity contribution in [2.24, 2.45) is 0 Å². The third kappa shape index (κ3) is 3.54. The zero-order valence-electron chi connectivity index (χ0n) is 12.0. The van der Waals surface area contributed by atoms with Crippen molar-refractivity contribution in [1.82, 2.24) is 14.9 Å². The molecule has 2 rings (SSSR count). The van der Waals surface area contributed by atoms with Crippen molar-refractivity contribution in [1.29, 1.82) is 0 Å². The molecule has 0 amide bonds. The fourth-order valence-electron chi connectivity index (χ4n) is 2.38. The lowest BCUT2D eigenvalue weighted by atomic mass is 10.2. The van der Waals surface area contributed by atoms with Crippen molar-refractivity contribution in [2.45, 2.75) is 13.0 Å². The molecule has 1 aromatic heterocycles. The molecule has 1 aliphatic heterocycles. The molecule has 2 heterocycles. The van der Waals surface area contributed by atoms with Gasteiger partial charge in [0, 0.05) is 59.2 Å². The van der Waals surface area contributed by atoms with Crippen LogP contribution in [0, 0.1) is 0 Å². The lowest BCUT2D eigenvalue weighted by molar-refractivity contribution is 0.122. The number of piperazine rings is 1. The number of aliphatic hydroxyl groups excluding tert-OH is 1. The van der Waals surface area contributed by atoms with Crippen molar-refractivity contribution >= 4 is 11.6 Å². The van der Waals surface area contributed by atoms with E-state index in [0.717, 1.165) is 44.4 Å². The van der Waals surface area contributed by atoms with Gasteiger partial charge in [-0.25, -0.2) is 9.97 Å². The first kappa shape index (κ1) is 14.0. The Hall–Kier alpha value is -1.40. The zero-order chi connectivity index (χ0) is 13.8. The highest BCUT2D eigenvalue weighted by atomic mass is 16.3. The fourth-order valence-corrected chi connectivity index (χ4v) is 2.38. The highest BCUT2D eigenvalue weighted by Crippen LogP contribution is 2.23. The van der Waals surface area contributed by atoms with Crippen molar-refractivity contribution in [3.8, 4) is 0 Å². The van der Waals surface area contributed by atoms with E-state index in [1.54, 1.807) is 12.4 Å². The van der Waals surface area contributed by atoms with E-state index in [2.05, 4.69) is 19.8 Å². The minimum atomic E-state index is -0.264. The summed E-state index contributed by atoms with van der Waals surface area (Å²) in [6.45, 7) is 6.33. The number of hydrogen-bond acceptors (Lipinski definition) is 6. The lowest BCUT2D eigenvalue weighted by Gasteiger charge is -2.36. The molecule has 0 saturated carbocycles. The normalized spacial score (nSPS) is 18.4. The van der Waals surface area contributed by atoms with Gasteiger partial charge in [0.05, 0.1) is 6.10 Å². The molecule has 6 heteroatoms. The molecule has 0 aliphatic carbocycles. The van der Waals surface area contributed by atoms with E-state index >= 15 is 0 Å². The third-order valence-corrected chi connectivity index (χ3v) is 3.28. The molecule has 1 saturated heterocycles. The van der Waals surface area contributed by atoms with Crippen LogP contribution in [0.1, 0.15) is 6.92 Å². The number of rotatable bonds is 4. The maximum atomic E-state index is 9.42. The highest BCUT2D eigenvalue weighted by Gasteiger charge is 2.21. The standard InChI is InChI=1S/C13H23N5O/c1-11(19)10-17-6-8-18(9-7-17)13-12(16(2)3)14-4-5-15-13/h4-5,11,19H,6-10H2,1-3H3/t11-/m1/s1. The second-order valence-corrected chi connectivity index (χ2v) is 5.23. The maximum absolute atomic E-state index is 9.42. The van der Waals surface area contributed by atoms with Crippen LogP contribution in [0.5, 0.6) is 0 Å². The molecular weight excluding hydrogens is 242 g/mol. The van der Waals surface area contributed by atoms with Gasteiger partial charge in [0.1, 0.15) is 0 Å². The quantitative estimate of drug-likeness (QED) is 0.830. The molecule has 0 radical (unpaired) electrons. The lowest BCUT2D eigenvalue weighted by Crippen LogP contribution is -2.48. The Kier molecular flexibility index (Phi) is 4.55. The summed E-state index contributed by atoms with van der Waals surface area (Å²) in [6.07, 6.45) is 3.20. The van der Waals surface area contributed by atoms with Gasteiger partial charge in [-0.05, 0) is 6.92 Å². The molecule has 19 heavy (non-hydrogen) atoms. The average molecular weight is 265 g/mol. The first-order chi connectivity index (χ1) is 9.08. The summed E-state index contributed by atoms with van der Waals surface area (Å²) < 4.78 is 0. The smallest absolute Gasteiger partial charge is 0.172 e. The number of nitrogens with zero attached hydrogens (tertiary/aromatic N) is 5. The van der Waals surface area contributed by atoms with Crippen LogP contribution < -0.4 is 9.80 Å². The van der Waals surface area contributed by atoms with Gasteiger partial charge in [-0.1, -0.05) is 0 Å². The Labute approximate surface area is 114 Å². The van der Waals surface area contributed by atoms with E-state index in [-0.39, 0.29) is 6.10 Å². The molecule has 1 aliphatic rings. The van der Waals surface area contributed by atoms with Crippen LogP contribution in [0.4, 0.5) is 11.6 Å². The minimum absolute atomic E-state index is 0.264. The summed E-state index contributed by atoms with van der Waals surface area (Å²) in [6, 6.07) is 0. The number of aromatic nitrogens is 2. The summed E-state index contributed by atoms with van der Waals surface area (Å²) in [5.74, 6) is 1.86. The molecule has 1 fully saturated rings. The Bertz CT molecular complexity index is 402. The maximum Gasteiger partial charge on any atom is 0.172 e. The Balaban J connectivity index is 2.02. The Morgan fingerprint density at radius 1 is 1.21 bits per heavy atom. The topological polar surface area (TPSA) is 55.7 Å². The fraction of sp³-hybridized carbons (Fsp3) is 0.692. The van der Waals surface area contributed by atoms with Crippen molar-refractivity contribution in [3.63, 3.8) is 0 Å². The highest BCUT2D eigenvalue weighted by molar-refractivity contribution is 5.61. The number of aliphatic hydroxyl groups is 1. The van der Waals surface area contributed by atoms with Crippen LogP contribution in [-0.4, -0.2) is 72.9 Å². The molecule has 6 nitrogen and oxygen atoms in total. The van der Waals surface area contributed by atoms with E-state index in [4.69, 9.17) is 0 Å². The summed E-state index contributed by atoms with van der Waals surface area (Å²) >= 11 is 0. The van der Waals surface area contributed by atoms with Crippen LogP contribution in [0.25, 0.3) is 0 Å². The van der Waals surface area contributed by atoms with Gasteiger partial charge in [0.15, 0.2) is 11.6 Å². The van der Waals surface area contributed by atoms with Gasteiger partial charge in [-0.3, -0.25) is 4.90 Å². The third-order valence-electron chi connectivity index (χ3n) is 3.28. The van der Waals surface area contributed by atoms with Gasteiger partial charge in [-0.15, -0.1) is 0 Å². The van der Waals surface area contributed by atoms with Crippen molar-refractivity contribution in [3.05, 3.63) is 12.4 Å². The molecule has 106 valence electrons. The number of β-amino-alcohol motifs (C(OH)–C–C–N with tert-alkyl or cyclic N) is 1. The van der Waals surface area contributed by atoms with E-state index in [1.165, 1.54) is 0 Å². The molecule has 0 bridgehead atoms. The molecule has 1 atom stereocenters. The van der Waals surface area contributed by atoms with Gasteiger partial charge in [-0.2, -0.15) is 0 Å². The zero-order valence-corrected chi connectivity index (χ0v) is 12.0. The monoisotopic (exact) mass is 265 g/mol. The molecule has 1 aromatic rings. The molecule has 0 unspecified atom stereocenters. The van der Waals surface area contributed by atoms with Crippen molar-refractivity contribution < 1.29 is 5.11 Å². The van der Waals surface area contributed by atoms with Crippen molar-refractivity contribution in [2.75, 3.05) is 56.6 Å². The molecular formula is C13H23N5O. The largest absolute Gasteiger partial charge is 0.392 e. The first-order valence-electron chi connectivity index (χ1n) is 6.71. The Morgan fingerprint density at radius 3 is 2.42 bits per heavy atom. The van der Waals surface area contributed by atoms with E-state index in [0.29, 0.717) is 0 Å². The average Bonchev–Trinajstić information content (AvgIpc) is 2.39. The predicted octanol–water partition coefficient (Wildman–Crippen LogP) is 0.0454. The Morgan fingerprint density at radius 2 is 1.84 bits per heavy atom. The van der Waals surface area contributed by atoms with Crippen LogP contribution in [0.2, 0.25) is 0 Å². The predicted molar refractivity (Wildman–Crippen MR) is 76.7 cm³/mol. The van der Waals surface area contributed by atoms with Gasteiger partial charge in [0.2, 0.25) is 0 Å². The van der Waals surface area contributed by atoms with E-state index in [9.17, 15) is 5.11 Å². The van der Waals surface area contributed by atoms with Crippen LogP contribution >= 0.6 is 0 Å². The van der Waals surface area contributed by atoms with Gasteiger partial charge >= 0.3 is 0 Å².